The van der Waals surface area contributed by atoms with Crippen molar-refractivity contribution in [2.45, 2.75) is 44.1 Å². The molecule has 1 heterocycles. The second-order valence-electron chi connectivity index (χ2n) is 8.61. The molecule has 4 rings (SSSR count). The van der Waals surface area contributed by atoms with Gasteiger partial charge in [-0.15, -0.1) is 4.99 Å². The summed E-state index contributed by atoms with van der Waals surface area (Å²) in [6.07, 6.45) is 11.1. The van der Waals surface area contributed by atoms with E-state index in [4.69, 9.17) is 14.7 Å². The van der Waals surface area contributed by atoms with Crippen LogP contribution < -0.4 is 20.1 Å². The number of aliphatic imine (C=N–C) groups is 1. The molecule has 0 radical (unpaired) electrons. The normalized spacial score (nSPS) is 14.7. The van der Waals surface area contributed by atoms with Crippen LogP contribution in [-0.4, -0.2) is 31.2 Å². The Kier molecular flexibility index (Phi) is 8.18. The van der Waals surface area contributed by atoms with Crippen LogP contribution in [0.5, 0.6) is 11.5 Å². The molecule has 0 spiro atoms. The number of benzene rings is 2. The highest BCUT2D eigenvalue weighted by Crippen LogP contribution is 2.37. The van der Waals surface area contributed by atoms with Gasteiger partial charge < -0.3 is 20.1 Å². The lowest BCUT2D eigenvalue weighted by atomic mass is 9.85. The van der Waals surface area contributed by atoms with E-state index in [1.165, 1.54) is 18.4 Å². The molecule has 0 bridgehead atoms. The fourth-order valence-corrected chi connectivity index (χ4v) is 4.54. The molecule has 2 aromatic carbocycles. The van der Waals surface area contributed by atoms with Gasteiger partial charge in [-0.25, -0.2) is 0 Å². The topological polar surface area (TPSA) is 91.6 Å². The number of nitrogens with one attached hydrogen (secondary N) is 2. The Balaban J connectivity index is 1.70. The third kappa shape index (κ3) is 6.30. The Morgan fingerprint density at radius 2 is 1.86 bits per heavy atom. The fraction of sp³-hybridized carbons (Fsp3) is 0.321. The van der Waals surface area contributed by atoms with Gasteiger partial charge in [0, 0.05) is 31.0 Å². The first kappa shape index (κ1) is 24.1. The molecule has 7 heteroatoms. The van der Waals surface area contributed by atoms with E-state index < -0.39 is 0 Å². The number of methoxy groups -OCH3 is 1. The van der Waals surface area contributed by atoms with E-state index in [1.54, 1.807) is 14.2 Å². The molecule has 1 atom stereocenters. The Morgan fingerprint density at radius 3 is 2.57 bits per heavy atom. The van der Waals surface area contributed by atoms with Crippen molar-refractivity contribution in [2.24, 2.45) is 4.99 Å². The van der Waals surface area contributed by atoms with Crippen molar-refractivity contribution < 1.29 is 9.47 Å². The summed E-state index contributed by atoms with van der Waals surface area (Å²) < 4.78 is 12.0. The monoisotopic (exact) mass is 469 g/mol. The van der Waals surface area contributed by atoms with Crippen molar-refractivity contribution in [1.82, 2.24) is 10.3 Å². The first-order valence-electron chi connectivity index (χ1n) is 11.9. The lowest BCUT2D eigenvalue weighted by Gasteiger charge is -2.22. The predicted molar refractivity (Wildman–Crippen MR) is 138 cm³/mol. The van der Waals surface area contributed by atoms with Crippen molar-refractivity contribution in [3.8, 4) is 17.7 Å². The molecule has 1 aliphatic rings. The number of ether oxygens (including phenoxy) is 2. The Morgan fingerprint density at radius 1 is 1.09 bits per heavy atom. The van der Waals surface area contributed by atoms with E-state index >= 15 is 0 Å². The van der Waals surface area contributed by atoms with E-state index in [0.29, 0.717) is 5.96 Å². The molecular weight excluding hydrogens is 438 g/mol. The average molecular weight is 470 g/mol. The summed E-state index contributed by atoms with van der Waals surface area (Å²) in [6.45, 7) is 0. The number of rotatable bonds is 8. The number of hydrogen-bond acceptors (Lipinski definition) is 5. The number of pyridine rings is 1. The van der Waals surface area contributed by atoms with Gasteiger partial charge in [-0.1, -0.05) is 18.2 Å². The van der Waals surface area contributed by atoms with Crippen molar-refractivity contribution in [3.63, 3.8) is 0 Å². The summed E-state index contributed by atoms with van der Waals surface area (Å²) in [5.41, 5.74) is 4.32. The van der Waals surface area contributed by atoms with Crippen molar-refractivity contribution in [1.29, 1.82) is 5.26 Å². The fourth-order valence-electron chi connectivity index (χ4n) is 4.54. The smallest absolute Gasteiger partial charge is 0.211 e. The number of guanidine groups is 1. The molecule has 180 valence electrons. The van der Waals surface area contributed by atoms with Crippen LogP contribution in [0, 0.1) is 11.5 Å². The number of nitriles is 1. The standard InChI is InChI=1S/C28H31N5O2/c1-30-28(32-19-29)33-23-7-5-6-21(17-23)25(16-20-12-14-31-15-13-20)22-10-11-26(34-2)27(18-22)35-24-8-3-4-9-24/h5-7,10-15,17-18,24-25H,3-4,8-9,16H2,1-2H3,(H2,30,32,33)/t25-/m1/s1. The molecule has 0 aliphatic heterocycles. The van der Waals surface area contributed by atoms with Gasteiger partial charge in [-0.05, 0) is 85.2 Å². The van der Waals surface area contributed by atoms with E-state index in [-0.39, 0.29) is 12.0 Å². The van der Waals surface area contributed by atoms with Crippen LogP contribution in [-0.2, 0) is 6.42 Å². The molecule has 1 aliphatic carbocycles. The molecule has 0 saturated heterocycles. The summed E-state index contributed by atoms with van der Waals surface area (Å²) in [5.74, 6) is 2.02. The second kappa shape index (κ2) is 11.9. The summed E-state index contributed by atoms with van der Waals surface area (Å²) in [7, 11) is 3.41. The largest absolute Gasteiger partial charge is 0.493 e. The first-order chi connectivity index (χ1) is 17.2. The molecule has 1 aromatic heterocycles. The van der Waals surface area contributed by atoms with E-state index in [2.05, 4.69) is 44.9 Å². The Labute approximate surface area is 206 Å². The van der Waals surface area contributed by atoms with E-state index in [0.717, 1.165) is 47.6 Å². The Hall–Kier alpha value is -4.05. The van der Waals surface area contributed by atoms with Gasteiger partial charge >= 0.3 is 0 Å². The second-order valence-corrected chi connectivity index (χ2v) is 8.61. The number of anilines is 1. The third-order valence-electron chi connectivity index (χ3n) is 6.33. The average Bonchev–Trinajstić information content (AvgIpc) is 3.41. The lowest BCUT2D eigenvalue weighted by molar-refractivity contribution is 0.200. The molecule has 1 saturated carbocycles. The van der Waals surface area contributed by atoms with Gasteiger partial charge in [0.1, 0.15) is 0 Å². The number of hydrogen-bond donors (Lipinski definition) is 2. The van der Waals surface area contributed by atoms with Crippen LogP contribution in [0.25, 0.3) is 0 Å². The molecule has 35 heavy (non-hydrogen) atoms. The zero-order valence-electron chi connectivity index (χ0n) is 20.2. The van der Waals surface area contributed by atoms with Crippen LogP contribution in [0.3, 0.4) is 0 Å². The highest BCUT2D eigenvalue weighted by atomic mass is 16.5. The van der Waals surface area contributed by atoms with Crippen LogP contribution in [0.2, 0.25) is 0 Å². The van der Waals surface area contributed by atoms with Gasteiger partial charge in [-0.2, -0.15) is 5.26 Å². The molecule has 2 N–H and O–H groups in total. The number of aromatic nitrogens is 1. The van der Waals surface area contributed by atoms with Crippen LogP contribution in [0.15, 0.2) is 72.0 Å². The maximum Gasteiger partial charge on any atom is 0.211 e. The highest BCUT2D eigenvalue weighted by Gasteiger charge is 2.22. The van der Waals surface area contributed by atoms with Crippen LogP contribution >= 0.6 is 0 Å². The van der Waals surface area contributed by atoms with Gasteiger partial charge in [0.25, 0.3) is 0 Å². The molecule has 3 aromatic rings. The highest BCUT2D eigenvalue weighted by molar-refractivity contribution is 5.94. The maximum absolute atomic E-state index is 8.93. The minimum atomic E-state index is 0.0712. The van der Waals surface area contributed by atoms with Gasteiger partial charge in [0.05, 0.1) is 13.2 Å². The zero-order chi connectivity index (χ0) is 24.5. The van der Waals surface area contributed by atoms with Crippen molar-refractivity contribution in [2.75, 3.05) is 19.5 Å². The van der Waals surface area contributed by atoms with Crippen molar-refractivity contribution >= 4 is 11.6 Å². The van der Waals surface area contributed by atoms with Crippen molar-refractivity contribution in [3.05, 3.63) is 83.7 Å². The van der Waals surface area contributed by atoms with Gasteiger partial charge in [0.2, 0.25) is 12.2 Å². The molecule has 0 amide bonds. The molecular formula is C28H31N5O2. The molecule has 7 nitrogen and oxygen atoms in total. The van der Waals surface area contributed by atoms with Gasteiger partial charge in [0.15, 0.2) is 11.5 Å². The van der Waals surface area contributed by atoms with Crippen LogP contribution in [0.1, 0.15) is 48.3 Å². The summed E-state index contributed by atoms with van der Waals surface area (Å²) in [5, 5.41) is 15.0. The maximum atomic E-state index is 8.93. The minimum Gasteiger partial charge on any atom is -0.493 e. The first-order valence-corrected chi connectivity index (χ1v) is 11.9. The minimum absolute atomic E-state index is 0.0712. The van der Waals surface area contributed by atoms with E-state index in [9.17, 15) is 0 Å². The quantitative estimate of drug-likeness (QED) is 0.266. The SMILES string of the molecule is CN/C(=N\C#N)Nc1cccc([C@@H](Cc2ccncc2)c2ccc(OC)c(OC3CCCC3)c2)c1. The van der Waals surface area contributed by atoms with Crippen LogP contribution in [0.4, 0.5) is 5.69 Å². The van der Waals surface area contributed by atoms with E-state index in [1.807, 2.05) is 48.9 Å². The molecule has 0 unspecified atom stereocenters. The third-order valence-corrected chi connectivity index (χ3v) is 6.33. The molecule has 1 fully saturated rings. The Bertz CT molecular complexity index is 1180. The zero-order valence-corrected chi connectivity index (χ0v) is 20.2. The predicted octanol–water partition coefficient (Wildman–Crippen LogP) is 5.25. The summed E-state index contributed by atoms with van der Waals surface area (Å²) in [4.78, 5) is 7.95. The summed E-state index contributed by atoms with van der Waals surface area (Å²) >= 11 is 0. The summed E-state index contributed by atoms with van der Waals surface area (Å²) in [6, 6.07) is 18.5. The van der Waals surface area contributed by atoms with Gasteiger partial charge in [-0.3, -0.25) is 4.98 Å². The lowest BCUT2D eigenvalue weighted by Crippen LogP contribution is -2.26. The number of nitrogens with zero attached hydrogens (tertiary/aromatic N) is 3.